The Morgan fingerprint density at radius 1 is 1.22 bits per heavy atom. The van der Waals surface area contributed by atoms with Crippen molar-refractivity contribution in [2.75, 3.05) is 6.61 Å². The van der Waals surface area contributed by atoms with Crippen LogP contribution in [0.5, 0.6) is 11.5 Å². The van der Waals surface area contributed by atoms with Crippen LogP contribution in [0.3, 0.4) is 0 Å². The Hall–Kier alpha value is -1.29. The first-order chi connectivity index (χ1) is 8.65. The Kier molecular flexibility index (Phi) is 6.50. The molecule has 18 heavy (non-hydrogen) atoms. The molecule has 1 unspecified atom stereocenters. The number of ether oxygens (including phenoxy) is 2. The second-order valence-corrected chi connectivity index (χ2v) is 4.66. The van der Waals surface area contributed by atoms with E-state index in [9.17, 15) is 0 Å². The largest absolute Gasteiger partial charge is 0.494 e. The van der Waals surface area contributed by atoms with Crippen molar-refractivity contribution in [2.24, 2.45) is 5.73 Å². The van der Waals surface area contributed by atoms with Gasteiger partial charge in [-0.3, -0.25) is 0 Å². The van der Waals surface area contributed by atoms with Gasteiger partial charge in [-0.2, -0.15) is 0 Å². The molecule has 0 aliphatic rings. The lowest BCUT2D eigenvalue weighted by molar-refractivity contribution is 0.205. The van der Waals surface area contributed by atoms with Gasteiger partial charge in [0.25, 0.3) is 0 Å². The van der Waals surface area contributed by atoms with Gasteiger partial charge < -0.3 is 15.2 Å². The lowest BCUT2D eigenvalue weighted by Crippen LogP contribution is -2.23. The van der Waals surface area contributed by atoms with Crippen molar-refractivity contribution in [3.05, 3.63) is 24.3 Å². The maximum atomic E-state index is 5.81. The van der Waals surface area contributed by atoms with Gasteiger partial charge in [-0.1, -0.05) is 26.1 Å². The SMILES string of the molecule is CCCOc1ccc(OC(CC)CC(N)=S)cc1. The van der Waals surface area contributed by atoms with Crippen LogP contribution in [0.15, 0.2) is 24.3 Å². The van der Waals surface area contributed by atoms with Crippen LogP contribution in [0.25, 0.3) is 0 Å². The summed E-state index contributed by atoms with van der Waals surface area (Å²) in [6.07, 6.45) is 2.54. The van der Waals surface area contributed by atoms with Crippen molar-refractivity contribution in [1.82, 2.24) is 0 Å². The van der Waals surface area contributed by atoms with Gasteiger partial charge in [-0.25, -0.2) is 0 Å². The normalized spacial score (nSPS) is 11.9. The molecule has 100 valence electrons. The molecule has 0 aliphatic heterocycles. The van der Waals surface area contributed by atoms with Crippen LogP contribution in [0.1, 0.15) is 33.1 Å². The predicted octanol–water partition coefficient (Wildman–Crippen LogP) is 3.31. The van der Waals surface area contributed by atoms with E-state index in [0.29, 0.717) is 11.4 Å². The van der Waals surface area contributed by atoms with E-state index in [4.69, 9.17) is 27.4 Å². The summed E-state index contributed by atoms with van der Waals surface area (Å²) in [6.45, 7) is 4.87. The molecule has 0 radical (unpaired) electrons. The van der Waals surface area contributed by atoms with E-state index in [0.717, 1.165) is 30.9 Å². The number of rotatable bonds is 8. The van der Waals surface area contributed by atoms with Crippen LogP contribution in [0.2, 0.25) is 0 Å². The molecule has 0 saturated heterocycles. The number of hydrogen-bond acceptors (Lipinski definition) is 3. The molecule has 1 aromatic rings. The lowest BCUT2D eigenvalue weighted by Gasteiger charge is -2.17. The first-order valence-electron chi connectivity index (χ1n) is 6.33. The molecule has 0 aromatic heterocycles. The lowest BCUT2D eigenvalue weighted by atomic mass is 10.2. The number of hydrogen-bond donors (Lipinski definition) is 1. The summed E-state index contributed by atoms with van der Waals surface area (Å²) in [7, 11) is 0. The van der Waals surface area contributed by atoms with Crippen LogP contribution >= 0.6 is 12.2 Å². The summed E-state index contributed by atoms with van der Waals surface area (Å²) in [6, 6.07) is 7.65. The van der Waals surface area contributed by atoms with Gasteiger partial charge in [-0.05, 0) is 37.1 Å². The minimum Gasteiger partial charge on any atom is -0.494 e. The summed E-state index contributed by atoms with van der Waals surface area (Å²) in [5.41, 5.74) is 5.53. The summed E-state index contributed by atoms with van der Waals surface area (Å²) < 4.78 is 11.3. The molecule has 0 saturated carbocycles. The van der Waals surface area contributed by atoms with Gasteiger partial charge in [0.2, 0.25) is 0 Å². The average molecular weight is 267 g/mol. The second-order valence-electron chi connectivity index (χ2n) is 4.14. The third-order valence-corrected chi connectivity index (χ3v) is 2.65. The van der Waals surface area contributed by atoms with E-state index < -0.39 is 0 Å². The zero-order chi connectivity index (χ0) is 13.4. The van der Waals surface area contributed by atoms with Crippen LogP contribution in [0, 0.1) is 0 Å². The first-order valence-corrected chi connectivity index (χ1v) is 6.74. The molecule has 1 atom stereocenters. The van der Waals surface area contributed by atoms with Crippen LogP contribution in [-0.4, -0.2) is 17.7 Å². The van der Waals surface area contributed by atoms with Crippen molar-refractivity contribution >= 4 is 17.2 Å². The van der Waals surface area contributed by atoms with Gasteiger partial charge in [0.1, 0.15) is 17.6 Å². The van der Waals surface area contributed by atoms with Crippen molar-refractivity contribution in [1.29, 1.82) is 0 Å². The topological polar surface area (TPSA) is 44.5 Å². The van der Waals surface area contributed by atoms with Gasteiger partial charge >= 0.3 is 0 Å². The monoisotopic (exact) mass is 267 g/mol. The molecule has 0 amide bonds. The highest BCUT2D eigenvalue weighted by molar-refractivity contribution is 7.80. The Morgan fingerprint density at radius 2 is 1.83 bits per heavy atom. The smallest absolute Gasteiger partial charge is 0.120 e. The fourth-order valence-electron chi connectivity index (χ4n) is 1.52. The number of benzene rings is 1. The van der Waals surface area contributed by atoms with Crippen LogP contribution in [0.4, 0.5) is 0 Å². The van der Waals surface area contributed by atoms with Gasteiger partial charge in [0.05, 0.1) is 11.6 Å². The fraction of sp³-hybridized carbons (Fsp3) is 0.500. The highest BCUT2D eigenvalue weighted by Gasteiger charge is 2.09. The molecular weight excluding hydrogens is 246 g/mol. The Labute approximate surface area is 114 Å². The minimum atomic E-state index is 0.0462. The van der Waals surface area contributed by atoms with E-state index in [2.05, 4.69) is 13.8 Å². The molecular formula is C14H21NO2S. The highest BCUT2D eigenvalue weighted by atomic mass is 32.1. The maximum absolute atomic E-state index is 5.81. The van der Waals surface area contributed by atoms with E-state index >= 15 is 0 Å². The Bertz CT molecular complexity index is 365. The Morgan fingerprint density at radius 3 is 2.33 bits per heavy atom. The minimum absolute atomic E-state index is 0.0462. The molecule has 4 heteroatoms. The van der Waals surface area contributed by atoms with E-state index in [1.807, 2.05) is 24.3 Å². The summed E-state index contributed by atoms with van der Waals surface area (Å²) in [5, 5.41) is 0. The first kappa shape index (κ1) is 14.8. The summed E-state index contributed by atoms with van der Waals surface area (Å²) >= 11 is 4.90. The summed E-state index contributed by atoms with van der Waals surface area (Å²) in [4.78, 5) is 0.491. The second kappa shape index (κ2) is 7.93. The van der Waals surface area contributed by atoms with Gasteiger partial charge in [0, 0.05) is 6.42 Å². The Balaban J connectivity index is 2.53. The van der Waals surface area contributed by atoms with E-state index in [-0.39, 0.29) is 6.10 Å². The average Bonchev–Trinajstić information content (AvgIpc) is 2.36. The third kappa shape index (κ3) is 5.36. The molecule has 1 rings (SSSR count). The van der Waals surface area contributed by atoms with E-state index in [1.54, 1.807) is 0 Å². The van der Waals surface area contributed by atoms with Gasteiger partial charge in [0.15, 0.2) is 0 Å². The summed E-state index contributed by atoms with van der Waals surface area (Å²) in [5.74, 6) is 1.69. The zero-order valence-electron chi connectivity index (χ0n) is 11.0. The molecule has 2 N–H and O–H groups in total. The van der Waals surface area contributed by atoms with E-state index in [1.165, 1.54) is 0 Å². The van der Waals surface area contributed by atoms with Gasteiger partial charge in [-0.15, -0.1) is 0 Å². The predicted molar refractivity (Wildman–Crippen MR) is 78.3 cm³/mol. The molecule has 3 nitrogen and oxygen atoms in total. The number of thiocarbonyl (C=S) groups is 1. The quantitative estimate of drug-likeness (QED) is 0.734. The maximum Gasteiger partial charge on any atom is 0.120 e. The third-order valence-electron chi connectivity index (χ3n) is 2.48. The highest BCUT2D eigenvalue weighted by Crippen LogP contribution is 2.20. The molecule has 0 aliphatic carbocycles. The van der Waals surface area contributed by atoms with Crippen molar-refractivity contribution in [2.45, 2.75) is 39.2 Å². The molecule has 0 bridgehead atoms. The molecule has 0 fully saturated rings. The zero-order valence-corrected chi connectivity index (χ0v) is 11.8. The molecule has 0 spiro atoms. The van der Waals surface area contributed by atoms with Crippen LogP contribution < -0.4 is 15.2 Å². The van der Waals surface area contributed by atoms with Crippen LogP contribution in [-0.2, 0) is 0 Å². The van der Waals surface area contributed by atoms with Crippen molar-refractivity contribution in [3.8, 4) is 11.5 Å². The van der Waals surface area contributed by atoms with Crippen molar-refractivity contribution in [3.63, 3.8) is 0 Å². The fourth-order valence-corrected chi connectivity index (χ4v) is 1.71. The molecule has 1 aromatic carbocycles. The number of nitrogens with two attached hydrogens (primary N) is 1. The standard InChI is InChI=1S/C14H21NO2S/c1-3-9-16-12-5-7-13(8-6-12)17-11(4-2)10-14(15)18/h5-8,11H,3-4,9-10H2,1-2H3,(H2,15,18). The molecule has 0 heterocycles. The van der Waals surface area contributed by atoms with Crippen molar-refractivity contribution < 1.29 is 9.47 Å².